The van der Waals surface area contributed by atoms with Gasteiger partial charge >= 0.3 is 0 Å². The minimum Gasteiger partial charge on any atom is -0.384 e. The SMILES string of the molecule is Cc1cc([N+](=O)[O-])ccc1C(=O)NCC(C)(O)c1ccc(F)cc1. The first-order chi connectivity index (χ1) is 11.2. The van der Waals surface area contributed by atoms with Crippen LogP contribution in [0.4, 0.5) is 10.1 Å². The van der Waals surface area contributed by atoms with Gasteiger partial charge in [0.1, 0.15) is 11.4 Å². The summed E-state index contributed by atoms with van der Waals surface area (Å²) in [7, 11) is 0. The van der Waals surface area contributed by atoms with Crippen LogP contribution in [0.3, 0.4) is 0 Å². The molecule has 0 bridgehead atoms. The maximum atomic E-state index is 12.9. The van der Waals surface area contributed by atoms with Gasteiger partial charge in [0, 0.05) is 17.7 Å². The summed E-state index contributed by atoms with van der Waals surface area (Å²) in [6, 6.07) is 9.28. The van der Waals surface area contributed by atoms with Crippen LogP contribution in [0.5, 0.6) is 0 Å². The number of carbonyl (C=O) groups is 1. The lowest BCUT2D eigenvalue weighted by Gasteiger charge is -2.24. The second kappa shape index (κ2) is 6.76. The number of nitrogens with zero attached hydrogens (tertiary/aromatic N) is 1. The standard InChI is InChI=1S/C17H17FN2O4/c1-11-9-14(20(23)24)7-8-15(11)16(21)19-10-17(2,22)12-3-5-13(18)6-4-12/h3-9,22H,10H2,1-2H3,(H,19,21). The maximum absolute atomic E-state index is 12.9. The van der Waals surface area contributed by atoms with Crippen LogP contribution in [0.25, 0.3) is 0 Å². The topological polar surface area (TPSA) is 92.5 Å². The summed E-state index contributed by atoms with van der Waals surface area (Å²) >= 11 is 0. The molecular weight excluding hydrogens is 315 g/mol. The lowest BCUT2D eigenvalue weighted by atomic mass is 9.95. The Labute approximate surface area is 138 Å². The molecule has 0 aromatic heterocycles. The molecule has 0 saturated carbocycles. The number of non-ortho nitro benzene ring substituents is 1. The Morgan fingerprint density at radius 2 is 1.92 bits per heavy atom. The van der Waals surface area contributed by atoms with E-state index in [0.29, 0.717) is 11.1 Å². The molecule has 2 aromatic rings. The van der Waals surface area contributed by atoms with Crippen molar-refractivity contribution in [2.24, 2.45) is 0 Å². The fourth-order valence-corrected chi connectivity index (χ4v) is 2.27. The van der Waals surface area contributed by atoms with E-state index in [-0.39, 0.29) is 17.8 Å². The molecule has 24 heavy (non-hydrogen) atoms. The molecular formula is C17H17FN2O4. The predicted octanol–water partition coefficient (Wildman–Crippen LogP) is 2.68. The molecule has 2 aromatic carbocycles. The van der Waals surface area contributed by atoms with Crippen molar-refractivity contribution in [2.45, 2.75) is 19.4 Å². The average Bonchev–Trinajstić information content (AvgIpc) is 2.53. The number of rotatable bonds is 5. The summed E-state index contributed by atoms with van der Waals surface area (Å²) in [5, 5.41) is 23.7. The molecule has 0 aliphatic heterocycles. The number of nitrogens with one attached hydrogen (secondary N) is 1. The van der Waals surface area contributed by atoms with Crippen molar-refractivity contribution in [2.75, 3.05) is 6.54 Å². The summed E-state index contributed by atoms with van der Waals surface area (Å²) in [4.78, 5) is 22.4. The third-order valence-electron chi connectivity index (χ3n) is 3.72. The van der Waals surface area contributed by atoms with Crippen molar-refractivity contribution in [1.82, 2.24) is 5.32 Å². The van der Waals surface area contributed by atoms with E-state index >= 15 is 0 Å². The molecule has 0 fully saturated rings. The molecule has 0 radical (unpaired) electrons. The number of nitro benzene ring substituents is 1. The number of amides is 1. The Bertz CT molecular complexity index is 773. The summed E-state index contributed by atoms with van der Waals surface area (Å²) in [6.07, 6.45) is 0. The first-order valence-corrected chi connectivity index (χ1v) is 7.22. The van der Waals surface area contributed by atoms with Gasteiger partial charge in [0.05, 0.1) is 11.5 Å². The highest BCUT2D eigenvalue weighted by Gasteiger charge is 2.24. The van der Waals surface area contributed by atoms with E-state index in [1.165, 1.54) is 49.4 Å². The van der Waals surface area contributed by atoms with Crippen LogP contribution in [0.15, 0.2) is 42.5 Å². The fraction of sp³-hybridized carbons (Fsp3) is 0.235. The van der Waals surface area contributed by atoms with E-state index in [2.05, 4.69) is 5.32 Å². The molecule has 126 valence electrons. The van der Waals surface area contributed by atoms with Gasteiger partial charge in [-0.1, -0.05) is 12.1 Å². The number of aliphatic hydroxyl groups is 1. The van der Waals surface area contributed by atoms with Gasteiger partial charge in [0.15, 0.2) is 0 Å². The normalized spacial score (nSPS) is 13.2. The molecule has 0 saturated heterocycles. The Morgan fingerprint density at radius 1 is 1.29 bits per heavy atom. The molecule has 6 nitrogen and oxygen atoms in total. The smallest absolute Gasteiger partial charge is 0.269 e. The Balaban J connectivity index is 2.09. The number of halogens is 1. The minimum atomic E-state index is -1.38. The highest BCUT2D eigenvalue weighted by atomic mass is 19.1. The van der Waals surface area contributed by atoms with Gasteiger partial charge < -0.3 is 10.4 Å². The summed E-state index contributed by atoms with van der Waals surface area (Å²) in [5.74, 6) is -0.870. The van der Waals surface area contributed by atoms with Crippen molar-refractivity contribution >= 4 is 11.6 Å². The highest BCUT2D eigenvalue weighted by molar-refractivity contribution is 5.95. The second-order valence-electron chi connectivity index (χ2n) is 5.72. The quantitative estimate of drug-likeness (QED) is 0.650. The second-order valence-corrected chi connectivity index (χ2v) is 5.72. The zero-order valence-corrected chi connectivity index (χ0v) is 13.2. The fourth-order valence-electron chi connectivity index (χ4n) is 2.27. The van der Waals surface area contributed by atoms with E-state index in [1.54, 1.807) is 6.92 Å². The Kier molecular flexibility index (Phi) is 4.94. The van der Waals surface area contributed by atoms with Gasteiger partial charge in [-0.2, -0.15) is 0 Å². The summed E-state index contributed by atoms with van der Waals surface area (Å²) in [6.45, 7) is 3.01. The van der Waals surface area contributed by atoms with Crippen LogP contribution in [0, 0.1) is 22.9 Å². The van der Waals surface area contributed by atoms with E-state index < -0.39 is 22.2 Å². The maximum Gasteiger partial charge on any atom is 0.269 e. The van der Waals surface area contributed by atoms with Crippen LogP contribution >= 0.6 is 0 Å². The van der Waals surface area contributed by atoms with Gasteiger partial charge in [-0.05, 0) is 43.2 Å². The zero-order valence-electron chi connectivity index (χ0n) is 13.2. The summed E-state index contributed by atoms with van der Waals surface area (Å²) < 4.78 is 12.9. The van der Waals surface area contributed by atoms with Crippen LogP contribution in [0.2, 0.25) is 0 Å². The molecule has 2 N–H and O–H groups in total. The van der Waals surface area contributed by atoms with E-state index in [0.717, 1.165) is 0 Å². The lowest BCUT2D eigenvalue weighted by molar-refractivity contribution is -0.384. The molecule has 7 heteroatoms. The van der Waals surface area contributed by atoms with E-state index in [4.69, 9.17) is 0 Å². The van der Waals surface area contributed by atoms with Crippen LogP contribution in [0.1, 0.15) is 28.4 Å². The number of benzene rings is 2. The van der Waals surface area contributed by atoms with Gasteiger partial charge in [-0.15, -0.1) is 0 Å². The molecule has 0 aliphatic carbocycles. The molecule has 0 spiro atoms. The molecule has 1 unspecified atom stereocenters. The number of carbonyl (C=O) groups excluding carboxylic acids is 1. The minimum absolute atomic E-state index is 0.0894. The van der Waals surface area contributed by atoms with Crippen LogP contribution < -0.4 is 5.32 Å². The summed E-state index contributed by atoms with van der Waals surface area (Å²) in [5.41, 5.74) is -0.261. The van der Waals surface area contributed by atoms with Crippen LogP contribution in [-0.2, 0) is 5.60 Å². The number of nitro groups is 1. The van der Waals surface area contributed by atoms with E-state index in [1.807, 2.05) is 0 Å². The average molecular weight is 332 g/mol. The lowest BCUT2D eigenvalue weighted by Crippen LogP contribution is -2.38. The number of hydrogen-bond acceptors (Lipinski definition) is 4. The molecule has 1 atom stereocenters. The third kappa shape index (κ3) is 3.94. The predicted molar refractivity (Wildman–Crippen MR) is 86.1 cm³/mol. The highest BCUT2D eigenvalue weighted by Crippen LogP contribution is 2.21. The van der Waals surface area contributed by atoms with Crippen molar-refractivity contribution in [3.63, 3.8) is 0 Å². The largest absolute Gasteiger partial charge is 0.384 e. The Hall–Kier alpha value is -2.80. The van der Waals surface area contributed by atoms with Gasteiger partial charge in [-0.3, -0.25) is 14.9 Å². The van der Waals surface area contributed by atoms with Gasteiger partial charge in [-0.25, -0.2) is 4.39 Å². The molecule has 0 aliphatic rings. The van der Waals surface area contributed by atoms with Crippen molar-refractivity contribution in [3.8, 4) is 0 Å². The van der Waals surface area contributed by atoms with Gasteiger partial charge in [0.25, 0.3) is 11.6 Å². The van der Waals surface area contributed by atoms with Crippen molar-refractivity contribution in [3.05, 3.63) is 75.1 Å². The first-order valence-electron chi connectivity index (χ1n) is 7.22. The first kappa shape index (κ1) is 17.6. The van der Waals surface area contributed by atoms with E-state index in [9.17, 15) is 24.4 Å². The monoisotopic (exact) mass is 332 g/mol. The number of aryl methyl sites for hydroxylation is 1. The molecule has 0 heterocycles. The third-order valence-corrected chi connectivity index (χ3v) is 3.72. The van der Waals surface area contributed by atoms with Crippen molar-refractivity contribution in [1.29, 1.82) is 0 Å². The zero-order chi connectivity index (χ0) is 17.9. The van der Waals surface area contributed by atoms with Gasteiger partial charge in [0.2, 0.25) is 0 Å². The van der Waals surface area contributed by atoms with Crippen molar-refractivity contribution < 1.29 is 19.2 Å². The molecule has 2 rings (SSSR count). The van der Waals surface area contributed by atoms with Crippen LogP contribution in [-0.4, -0.2) is 22.5 Å². The Morgan fingerprint density at radius 3 is 2.46 bits per heavy atom. The number of hydrogen-bond donors (Lipinski definition) is 2. The molecule has 1 amide bonds.